The van der Waals surface area contributed by atoms with Crippen molar-refractivity contribution >= 4 is 15.9 Å². The zero-order valence-corrected chi connectivity index (χ0v) is 13.3. The summed E-state index contributed by atoms with van der Waals surface area (Å²) in [6.45, 7) is 0. The van der Waals surface area contributed by atoms with Crippen LogP contribution in [-0.4, -0.2) is 20.6 Å². The Balaban J connectivity index is 2.38. The number of sulfonamides is 1. The zero-order chi connectivity index (χ0) is 18.8. The lowest BCUT2D eigenvalue weighted by Crippen LogP contribution is -2.30. The van der Waals surface area contributed by atoms with Gasteiger partial charge in [-0.3, -0.25) is 4.79 Å². The maximum Gasteiger partial charge on any atom is 0.267 e. The van der Waals surface area contributed by atoms with Crippen molar-refractivity contribution < 1.29 is 31.1 Å². The summed E-state index contributed by atoms with van der Waals surface area (Å²) in [4.78, 5) is 11.6. The number of hydrogen-bond acceptors (Lipinski definition) is 5. The number of carbonyl (C=O) groups excluding carboxylic acids is 1. The highest BCUT2D eigenvalue weighted by atomic mass is 32.2. The van der Waals surface area contributed by atoms with Gasteiger partial charge in [-0.25, -0.2) is 26.3 Å². The second-order valence-corrected chi connectivity index (χ2v) is 6.57. The number of nitriles is 1. The molecule has 1 amide bonds. The fraction of sp³-hybridized carbons (Fsp3) is 0.0667. The van der Waals surface area contributed by atoms with Gasteiger partial charge in [0.15, 0.2) is 11.6 Å². The molecule has 0 aromatic heterocycles. The van der Waals surface area contributed by atoms with Gasteiger partial charge in [0.25, 0.3) is 5.91 Å². The average Bonchev–Trinajstić information content (AvgIpc) is 2.50. The summed E-state index contributed by atoms with van der Waals surface area (Å²) >= 11 is 0. The monoisotopic (exact) mass is 370 g/mol. The van der Waals surface area contributed by atoms with Crippen molar-refractivity contribution in [1.29, 1.82) is 5.26 Å². The number of hydrogen-bond donors (Lipinski definition) is 1. The van der Waals surface area contributed by atoms with Crippen molar-refractivity contribution in [3.05, 3.63) is 58.9 Å². The van der Waals surface area contributed by atoms with Crippen molar-refractivity contribution in [2.75, 3.05) is 6.26 Å². The van der Waals surface area contributed by atoms with Crippen molar-refractivity contribution in [3.8, 4) is 17.6 Å². The zero-order valence-electron chi connectivity index (χ0n) is 12.5. The lowest BCUT2D eigenvalue weighted by Gasteiger charge is -2.10. The van der Waals surface area contributed by atoms with Crippen LogP contribution in [-0.2, 0) is 10.0 Å². The minimum atomic E-state index is -3.96. The maximum absolute atomic E-state index is 14.0. The van der Waals surface area contributed by atoms with E-state index in [1.807, 2.05) is 0 Å². The maximum atomic E-state index is 14.0. The molecule has 0 aliphatic rings. The number of rotatable bonds is 4. The van der Waals surface area contributed by atoms with E-state index in [9.17, 15) is 26.4 Å². The Kier molecular flexibility index (Phi) is 4.99. The van der Waals surface area contributed by atoms with E-state index in [4.69, 9.17) is 10.00 Å². The van der Waals surface area contributed by atoms with Gasteiger partial charge in [0.05, 0.1) is 17.4 Å². The second-order valence-electron chi connectivity index (χ2n) is 4.82. The van der Waals surface area contributed by atoms with Crippen LogP contribution in [0.1, 0.15) is 15.9 Å². The summed E-state index contributed by atoms with van der Waals surface area (Å²) in [5.74, 6) is -5.41. The molecule has 2 aromatic rings. The minimum Gasteiger partial charge on any atom is -0.453 e. The number of ether oxygens (including phenoxy) is 1. The molecule has 0 saturated carbocycles. The predicted molar refractivity (Wildman–Crippen MR) is 79.9 cm³/mol. The van der Waals surface area contributed by atoms with E-state index < -0.39 is 44.7 Å². The van der Waals surface area contributed by atoms with Crippen LogP contribution < -0.4 is 9.46 Å². The van der Waals surface area contributed by atoms with Crippen LogP contribution in [0.3, 0.4) is 0 Å². The van der Waals surface area contributed by atoms with Crippen LogP contribution >= 0.6 is 0 Å². The summed E-state index contributed by atoms with van der Waals surface area (Å²) < 4.78 is 69.6. The molecule has 25 heavy (non-hydrogen) atoms. The minimum absolute atomic E-state index is 0.226. The number of halogens is 3. The fourth-order valence-electron chi connectivity index (χ4n) is 1.80. The number of carbonyl (C=O) groups is 1. The lowest BCUT2D eigenvalue weighted by molar-refractivity contribution is 0.0977. The molecule has 0 unspecified atom stereocenters. The highest BCUT2D eigenvalue weighted by Gasteiger charge is 2.20. The number of amides is 1. The van der Waals surface area contributed by atoms with E-state index in [0.717, 1.165) is 18.2 Å². The van der Waals surface area contributed by atoms with Crippen LogP contribution in [0.25, 0.3) is 0 Å². The molecular weight excluding hydrogens is 361 g/mol. The van der Waals surface area contributed by atoms with Gasteiger partial charge in [0.2, 0.25) is 10.0 Å². The molecule has 130 valence electrons. The van der Waals surface area contributed by atoms with E-state index in [-0.39, 0.29) is 11.3 Å². The summed E-state index contributed by atoms with van der Waals surface area (Å²) in [6, 6.07) is 5.44. The Bertz CT molecular complexity index is 1000. The first-order valence-electron chi connectivity index (χ1n) is 6.49. The summed E-state index contributed by atoms with van der Waals surface area (Å²) in [5.41, 5.74) is -1.10. The van der Waals surface area contributed by atoms with Gasteiger partial charge in [-0.2, -0.15) is 5.26 Å². The normalized spacial score (nSPS) is 10.8. The average molecular weight is 370 g/mol. The van der Waals surface area contributed by atoms with E-state index in [2.05, 4.69) is 0 Å². The van der Waals surface area contributed by atoms with Crippen LogP contribution in [0.15, 0.2) is 30.3 Å². The van der Waals surface area contributed by atoms with Crippen molar-refractivity contribution in [2.24, 2.45) is 0 Å². The Morgan fingerprint density at radius 2 is 1.80 bits per heavy atom. The second kappa shape index (κ2) is 6.82. The topological polar surface area (TPSA) is 96.3 Å². The van der Waals surface area contributed by atoms with Crippen LogP contribution in [0.5, 0.6) is 11.5 Å². The molecule has 0 atom stereocenters. The largest absolute Gasteiger partial charge is 0.453 e. The first-order chi connectivity index (χ1) is 11.6. The van der Waals surface area contributed by atoms with Crippen molar-refractivity contribution in [2.45, 2.75) is 0 Å². The number of benzene rings is 2. The molecule has 0 radical (unpaired) electrons. The third kappa shape index (κ3) is 4.48. The van der Waals surface area contributed by atoms with Gasteiger partial charge in [0.1, 0.15) is 23.5 Å². The van der Waals surface area contributed by atoms with Gasteiger partial charge in [0, 0.05) is 6.07 Å². The van der Waals surface area contributed by atoms with Crippen molar-refractivity contribution in [3.63, 3.8) is 0 Å². The molecule has 0 aliphatic heterocycles. The summed E-state index contributed by atoms with van der Waals surface area (Å²) in [6.07, 6.45) is 0.675. The Labute approximate surface area is 140 Å². The third-order valence-corrected chi connectivity index (χ3v) is 3.38. The highest BCUT2D eigenvalue weighted by Crippen LogP contribution is 2.29. The Hall–Kier alpha value is -3.06. The standard InChI is InChI=1S/C15H9F3N2O4S/c1-25(22,23)20-15(21)10-5-12(18)14(6-11(10)17)24-13-3-2-9(16)4-8(13)7-19/h2-6H,1H3,(H,20,21). The number of nitrogens with zero attached hydrogens (tertiary/aromatic N) is 1. The van der Waals surface area contributed by atoms with Gasteiger partial charge in [-0.05, 0) is 24.3 Å². The molecule has 10 heteroatoms. The molecule has 0 fully saturated rings. The molecular formula is C15H9F3N2O4S. The van der Waals surface area contributed by atoms with Crippen LogP contribution in [0, 0.1) is 28.8 Å². The van der Waals surface area contributed by atoms with Gasteiger partial charge >= 0.3 is 0 Å². The first kappa shape index (κ1) is 18.3. The van der Waals surface area contributed by atoms with E-state index in [1.165, 1.54) is 4.72 Å². The molecule has 0 aliphatic carbocycles. The van der Waals surface area contributed by atoms with Crippen LogP contribution in [0.2, 0.25) is 0 Å². The number of nitrogens with one attached hydrogen (secondary N) is 1. The van der Waals surface area contributed by atoms with E-state index in [0.29, 0.717) is 18.4 Å². The molecule has 6 nitrogen and oxygen atoms in total. The fourth-order valence-corrected chi connectivity index (χ4v) is 2.25. The van der Waals surface area contributed by atoms with Crippen molar-refractivity contribution in [1.82, 2.24) is 4.72 Å². The van der Waals surface area contributed by atoms with E-state index in [1.54, 1.807) is 6.07 Å². The van der Waals surface area contributed by atoms with Gasteiger partial charge in [-0.1, -0.05) is 0 Å². The molecule has 0 heterocycles. The molecule has 2 rings (SSSR count). The first-order valence-corrected chi connectivity index (χ1v) is 8.38. The molecule has 2 aromatic carbocycles. The Morgan fingerprint density at radius 3 is 2.40 bits per heavy atom. The van der Waals surface area contributed by atoms with Crippen LogP contribution in [0.4, 0.5) is 13.2 Å². The summed E-state index contributed by atoms with van der Waals surface area (Å²) in [5, 5.41) is 8.90. The predicted octanol–water partition coefficient (Wildman–Crippen LogP) is 2.46. The molecule has 0 spiro atoms. The lowest BCUT2D eigenvalue weighted by atomic mass is 10.1. The summed E-state index contributed by atoms with van der Waals surface area (Å²) in [7, 11) is -3.96. The molecule has 1 N–H and O–H groups in total. The van der Waals surface area contributed by atoms with Gasteiger partial charge in [-0.15, -0.1) is 0 Å². The molecule has 0 bridgehead atoms. The Morgan fingerprint density at radius 1 is 1.12 bits per heavy atom. The quantitative estimate of drug-likeness (QED) is 0.892. The SMILES string of the molecule is CS(=O)(=O)NC(=O)c1cc(F)c(Oc2ccc(F)cc2C#N)cc1F. The molecule has 0 saturated heterocycles. The third-order valence-electron chi connectivity index (χ3n) is 2.83. The van der Waals surface area contributed by atoms with Gasteiger partial charge < -0.3 is 4.74 Å². The van der Waals surface area contributed by atoms with E-state index >= 15 is 0 Å². The highest BCUT2D eigenvalue weighted by molar-refractivity contribution is 7.89. The smallest absolute Gasteiger partial charge is 0.267 e.